The number of amides is 1. The number of aliphatic hydroxyl groups is 1. The molecule has 4 aromatic rings. The summed E-state index contributed by atoms with van der Waals surface area (Å²) in [4.78, 5) is 43.8. The fourth-order valence-electron chi connectivity index (χ4n) is 5.31. The number of thiazole rings is 1. The molecule has 3 aromatic carbocycles. The normalized spacial score (nSPS) is 19.9. The maximum absolute atomic E-state index is 13.5. The first-order chi connectivity index (χ1) is 18.6. The molecule has 1 aromatic heterocycles. The Kier molecular flexibility index (Phi) is 5.72. The second-order valence-electron chi connectivity index (χ2n) is 9.90. The van der Waals surface area contributed by atoms with Crippen LogP contribution in [0.3, 0.4) is 0 Å². The van der Waals surface area contributed by atoms with E-state index in [-0.39, 0.29) is 23.1 Å². The van der Waals surface area contributed by atoms with Crippen LogP contribution in [0.25, 0.3) is 16.0 Å². The zero-order valence-corrected chi connectivity index (χ0v) is 22.1. The Morgan fingerprint density at radius 3 is 2.59 bits per heavy atom. The molecule has 10 heteroatoms. The maximum atomic E-state index is 13.5. The molecular weight excluding hydrogens is 518 g/mol. The van der Waals surface area contributed by atoms with Crippen molar-refractivity contribution in [2.75, 3.05) is 4.90 Å². The number of ether oxygens (including phenoxy) is 1. The summed E-state index contributed by atoms with van der Waals surface area (Å²) in [6.45, 7) is 5.84. The smallest absolute Gasteiger partial charge is 0.301 e. The molecule has 39 heavy (non-hydrogen) atoms. The van der Waals surface area contributed by atoms with E-state index in [9.17, 15) is 24.8 Å². The number of aryl methyl sites for hydroxylation is 2. The van der Waals surface area contributed by atoms with Crippen LogP contribution in [-0.4, -0.2) is 32.8 Å². The van der Waals surface area contributed by atoms with Gasteiger partial charge in [0.25, 0.3) is 11.5 Å². The van der Waals surface area contributed by atoms with Gasteiger partial charge in [-0.15, -0.1) is 0 Å². The minimum Gasteiger partial charge on any atom is -0.507 e. The van der Waals surface area contributed by atoms with Crippen molar-refractivity contribution < 1.29 is 24.4 Å². The molecule has 1 N–H and O–H groups in total. The van der Waals surface area contributed by atoms with Gasteiger partial charge in [0.15, 0.2) is 5.13 Å². The number of carbonyl (C=O) groups is 2. The molecule has 0 spiro atoms. The van der Waals surface area contributed by atoms with E-state index < -0.39 is 22.7 Å². The van der Waals surface area contributed by atoms with Crippen LogP contribution in [0.4, 0.5) is 10.8 Å². The molecule has 196 valence electrons. The molecule has 0 aliphatic carbocycles. The van der Waals surface area contributed by atoms with Crippen LogP contribution in [0.15, 0.2) is 60.2 Å². The van der Waals surface area contributed by atoms with Crippen molar-refractivity contribution in [1.82, 2.24) is 4.98 Å². The fraction of sp³-hybridized carbons (Fsp3) is 0.207. The molecule has 6 rings (SSSR count). The maximum Gasteiger partial charge on any atom is 0.301 e. The van der Waals surface area contributed by atoms with Gasteiger partial charge in [0.2, 0.25) is 0 Å². The summed E-state index contributed by atoms with van der Waals surface area (Å²) in [5, 5.41) is 23.1. The number of nitro groups is 1. The van der Waals surface area contributed by atoms with Gasteiger partial charge in [-0.25, -0.2) is 4.98 Å². The first-order valence-electron chi connectivity index (χ1n) is 12.4. The van der Waals surface area contributed by atoms with Gasteiger partial charge in [0.05, 0.1) is 26.8 Å². The molecule has 1 saturated heterocycles. The zero-order valence-electron chi connectivity index (χ0n) is 21.3. The number of carbonyl (C=O) groups excluding carboxylic acids is 2. The van der Waals surface area contributed by atoms with Crippen molar-refractivity contribution in [2.45, 2.75) is 39.3 Å². The van der Waals surface area contributed by atoms with E-state index in [1.807, 2.05) is 32.9 Å². The number of hydrogen-bond acceptors (Lipinski definition) is 8. The first-order valence-corrected chi connectivity index (χ1v) is 13.2. The van der Waals surface area contributed by atoms with Gasteiger partial charge >= 0.3 is 5.91 Å². The third kappa shape index (κ3) is 4.04. The number of aliphatic hydroxyl groups excluding tert-OH is 1. The van der Waals surface area contributed by atoms with Gasteiger partial charge in [-0.3, -0.25) is 24.6 Å². The highest BCUT2D eigenvalue weighted by Gasteiger charge is 2.48. The third-order valence-corrected chi connectivity index (χ3v) is 8.06. The Morgan fingerprint density at radius 1 is 1.13 bits per heavy atom. The Hall–Kier alpha value is -4.57. The average molecular weight is 542 g/mol. The molecule has 1 fully saturated rings. The van der Waals surface area contributed by atoms with Crippen molar-refractivity contribution in [2.24, 2.45) is 0 Å². The quantitative estimate of drug-likeness (QED) is 0.114. The molecule has 0 saturated carbocycles. The molecule has 2 aliphatic rings. The topological polar surface area (TPSA) is 123 Å². The Morgan fingerprint density at radius 2 is 1.87 bits per heavy atom. The number of aromatic nitrogens is 1. The lowest BCUT2D eigenvalue weighted by molar-refractivity contribution is -0.384. The summed E-state index contributed by atoms with van der Waals surface area (Å²) in [6, 6.07) is 13.7. The number of ketones is 1. The number of fused-ring (bicyclic) bond motifs is 2. The highest BCUT2D eigenvalue weighted by molar-refractivity contribution is 7.22. The lowest BCUT2D eigenvalue weighted by Gasteiger charge is -2.23. The first kappa shape index (κ1) is 24.7. The SMILES string of the molecule is Cc1cc(C)c2nc(N3C(=O)C(=O)C(=C(O)c4ccc5c(c4)C[C@@H](C)O5)[C@@H]3c3ccc([N+](=O)[O-])cc3)sc2c1. The van der Waals surface area contributed by atoms with Crippen molar-refractivity contribution in [3.05, 3.63) is 98.1 Å². The summed E-state index contributed by atoms with van der Waals surface area (Å²) < 4.78 is 6.62. The predicted molar refractivity (Wildman–Crippen MR) is 147 cm³/mol. The highest BCUT2D eigenvalue weighted by Crippen LogP contribution is 2.45. The number of Topliss-reactive ketones (excluding diaryl/α,β-unsaturated/α-hetero) is 1. The van der Waals surface area contributed by atoms with E-state index in [1.165, 1.54) is 40.5 Å². The van der Waals surface area contributed by atoms with Gasteiger partial charge in [-0.05, 0) is 79.4 Å². The molecule has 1 amide bonds. The van der Waals surface area contributed by atoms with Crippen LogP contribution in [0.2, 0.25) is 0 Å². The van der Waals surface area contributed by atoms with Crippen LogP contribution in [0, 0.1) is 24.0 Å². The molecule has 0 radical (unpaired) electrons. The summed E-state index contributed by atoms with van der Waals surface area (Å²) >= 11 is 1.27. The lowest BCUT2D eigenvalue weighted by Crippen LogP contribution is -2.29. The van der Waals surface area contributed by atoms with Gasteiger partial charge in [0.1, 0.15) is 17.6 Å². The molecule has 9 nitrogen and oxygen atoms in total. The Labute approximate surface area is 227 Å². The van der Waals surface area contributed by atoms with Crippen molar-refractivity contribution in [1.29, 1.82) is 0 Å². The summed E-state index contributed by atoms with van der Waals surface area (Å²) in [7, 11) is 0. The van der Waals surface area contributed by atoms with Crippen molar-refractivity contribution in [3.63, 3.8) is 0 Å². The lowest BCUT2D eigenvalue weighted by atomic mass is 9.94. The van der Waals surface area contributed by atoms with E-state index in [4.69, 9.17) is 9.72 Å². The second-order valence-corrected chi connectivity index (χ2v) is 10.9. The monoisotopic (exact) mass is 541 g/mol. The Balaban J connectivity index is 1.54. The number of non-ortho nitro benzene ring substituents is 1. The summed E-state index contributed by atoms with van der Waals surface area (Å²) in [5.41, 5.74) is 4.17. The average Bonchev–Trinajstić information content (AvgIpc) is 3.56. The standard InChI is InChI=1S/C29H23N3O6S/c1-14-10-15(2)24-22(11-14)39-29(30-24)31-25(17-4-7-20(8-5-17)32(36)37)23(27(34)28(31)35)26(33)18-6-9-21-19(13-18)12-16(3)38-21/h4-11,13,16,25,33H,12H2,1-3H3/t16-,25+/m1/s1. The third-order valence-electron chi connectivity index (χ3n) is 7.06. The molecule has 3 heterocycles. The molecular formula is C29H23N3O6S. The number of nitrogens with zero attached hydrogens (tertiary/aromatic N) is 3. The number of nitro benzene ring substituents is 1. The number of hydrogen-bond donors (Lipinski definition) is 1. The molecule has 2 aliphatic heterocycles. The van der Waals surface area contributed by atoms with Gasteiger partial charge in [-0.2, -0.15) is 0 Å². The van der Waals surface area contributed by atoms with E-state index in [0.717, 1.165) is 26.9 Å². The van der Waals surface area contributed by atoms with Crippen LogP contribution in [0.5, 0.6) is 5.75 Å². The minimum atomic E-state index is -1.03. The molecule has 0 bridgehead atoms. The van der Waals surface area contributed by atoms with Crippen LogP contribution >= 0.6 is 11.3 Å². The van der Waals surface area contributed by atoms with Crippen molar-refractivity contribution >= 4 is 49.8 Å². The highest BCUT2D eigenvalue weighted by atomic mass is 32.1. The second kappa shape index (κ2) is 9.02. The van der Waals surface area contributed by atoms with E-state index in [0.29, 0.717) is 28.4 Å². The molecule has 2 atom stereocenters. The van der Waals surface area contributed by atoms with Gasteiger partial charge in [0, 0.05) is 24.1 Å². The number of benzene rings is 3. The van der Waals surface area contributed by atoms with E-state index >= 15 is 0 Å². The van der Waals surface area contributed by atoms with E-state index in [2.05, 4.69) is 0 Å². The van der Waals surface area contributed by atoms with Gasteiger partial charge < -0.3 is 9.84 Å². The Bertz CT molecular complexity index is 1740. The van der Waals surface area contributed by atoms with Crippen LogP contribution in [-0.2, 0) is 16.0 Å². The van der Waals surface area contributed by atoms with E-state index in [1.54, 1.807) is 18.2 Å². The fourth-order valence-corrected chi connectivity index (χ4v) is 6.48. The summed E-state index contributed by atoms with van der Waals surface area (Å²) in [5.74, 6) is -1.29. The zero-order chi connectivity index (χ0) is 27.6. The summed E-state index contributed by atoms with van der Waals surface area (Å²) in [6.07, 6.45) is 0.648. The predicted octanol–water partition coefficient (Wildman–Crippen LogP) is 5.77. The number of anilines is 1. The van der Waals surface area contributed by atoms with Crippen molar-refractivity contribution in [3.8, 4) is 5.75 Å². The molecule has 0 unspecified atom stereocenters. The minimum absolute atomic E-state index is 0.00536. The largest absolute Gasteiger partial charge is 0.507 e. The van der Waals surface area contributed by atoms with Crippen LogP contribution < -0.4 is 9.64 Å². The van der Waals surface area contributed by atoms with Gasteiger partial charge in [-0.1, -0.05) is 17.4 Å². The van der Waals surface area contributed by atoms with Crippen LogP contribution in [0.1, 0.15) is 40.8 Å². The number of rotatable bonds is 4.